The molecular formula is C36H45ClN8O2. The van der Waals surface area contributed by atoms with E-state index in [2.05, 4.69) is 16.0 Å². The molecule has 1 aliphatic heterocycles. The summed E-state index contributed by atoms with van der Waals surface area (Å²) >= 11 is 5.95. The van der Waals surface area contributed by atoms with E-state index in [1.54, 1.807) is 29.0 Å². The molecule has 0 unspecified atom stereocenters. The number of benzene rings is 2. The zero-order valence-electron chi connectivity index (χ0n) is 27.3. The van der Waals surface area contributed by atoms with Gasteiger partial charge in [-0.05, 0) is 73.1 Å². The molecule has 1 aliphatic carbocycles. The Hall–Kier alpha value is -4.57. The van der Waals surface area contributed by atoms with E-state index < -0.39 is 5.41 Å². The van der Waals surface area contributed by atoms with Gasteiger partial charge in [-0.2, -0.15) is 0 Å². The van der Waals surface area contributed by atoms with E-state index in [4.69, 9.17) is 32.6 Å². The summed E-state index contributed by atoms with van der Waals surface area (Å²) in [6.45, 7) is 7.51. The van der Waals surface area contributed by atoms with Crippen molar-refractivity contribution in [1.29, 1.82) is 16.2 Å². The average Bonchev–Trinajstić information content (AvgIpc) is 3.06. The molecule has 0 saturated carbocycles. The molecule has 0 spiro atoms. The predicted molar refractivity (Wildman–Crippen MR) is 187 cm³/mol. The molecule has 0 radical (unpaired) electrons. The van der Waals surface area contributed by atoms with Crippen LogP contribution in [0.25, 0.3) is 0 Å². The van der Waals surface area contributed by atoms with E-state index in [9.17, 15) is 4.79 Å². The van der Waals surface area contributed by atoms with Crippen LogP contribution in [0.3, 0.4) is 0 Å². The lowest BCUT2D eigenvalue weighted by Gasteiger charge is -2.33. The summed E-state index contributed by atoms with van der Waals surface area (Å²) in [5, 5.41) is 35.0. The molecule has 1 fully saturated rings. The second-order valence-corrected chi connectivity index (χ2v) is 13.4. The lowest BCUT2D eigenvalue weighted by molar-refractivity contribution is 0.170. The summed E-state index contributed by atoms with van der Waals surface area (Å²) in [4.78, 5) is 15.4. The number of piperidine rings is 1. The van der Waals surface area contributed by atoms with Crippen LogP contribution in [0.4, 0.5) is 10.5 Å². The van der Waals surface area contributed by atoms with Crippen LogP contribution in [0, 0.1) is 21.6 Å². The first-order valence-corrected chi connectivity index (χ1v) is 16.7. The Labute approximate surface area is 281 Å². The molecule has 3 aromatic rings. The molecule has 2 aromatic carbocycles. The molecule has 11 heteroatoms. The average molecular weight is 657 g/mol. The molecule has 6 N–H and O–H groups in total. The number of hydrogen-bond donors (Lipinski definition) is 6. The number of carbonyl (C=O) groups is 1. The van der Waals surface area contributed by atoms with Crippen molar-refractivity contribution in [3.63, 3.8) is 0 Å². The Morgan fingerprint density at radius 2 is 1.68 bits per heavy atom. The highest BCUT2D eigenvalue weighted by Crippen LogP contribution is 2.38. The fourth-order valence-corrected chi connectivity index (χ4v) is 5.96. The van der Waals surface area contributed by atoms with Gasteiger partial charge in [0.05, 0.1) is 12.2 Å². The van der Waals surface area contributed by atoms with Crippen molar-refractivity contribution >= 4 is 35.0 Å². The maximum atomic E-state index is 13.4. The summed E-state index contributed by atoms with van der Waals surface area (Å²) in [5.41, 5.74) is 3.91. The number of alkyl halides is 1. The third-order valence-electron chi connectivity index (χ3n) is 8.56. The zero-order valence-corrected chi connectivity index (χ0v) is 28.1. The third-order valence-corrected chi connectivity index (χ3v) is 8.87. The van der Waals surface area contributed by atoms with Gasteiger partial charge in [-0.1, -0.05) is 57.2 Å². The second-order valence-electron chi connectivity index (χ2n) is 13.1. The van der Waals surface area contributed by atoms with E-state index in [1.165, 1.54) is 6.42 Å². The van der Waals surface area contributed by atoms with Crippen molar-refractivity contribution in [3.05, 3.63) is 101 Å². The summed E-state index contributed by atoms with van der Waals surface area (Å²) in [7, 11) is 0. The number of anilines is 1. The van der Waals surface area contributed by atoms with Crippen LogP contribution in [-0.2, 0) is 5.88 Å². The number of urea groups is 1. The summed E-state index contributed by atoms with van der Waals surface area (Å²) in [6.07, 6.45) is 7.72. The molecule has 2 aliphatic rings. The number of likely N-dealkylation sites (tertiary alicyclic amines) is 1. The van der Waals surface area contributed by atoms with Crippen LogP contribution in [0.2, 0.25) is 0 Å². The number of hydrogen-bond acceptors (Lipinski definition) is 6. The maximum Gasteiger partial charge on any atom is 0.320 e. The van der Waals surface area contributed by atoms with Crippen LogP contribution in [-0.4, -0.2) is 40.3 Å². The molecule has 5 rings (SSSR count). The number of amides is 2. The minimum atomic E-state index is -0.404. The number of pyridine rings is 1. The quantitative estimate of drug-likeness (QED) is 0.0863. The zero-order chi connectivity index (χ0) is 33.6. The van der Waals surface area contributed by atoms with Crippen LogP contribution in [0.5, 0.6) is 5.75 Å². The molecule has 10 nitrogen and oxygen atoms in total. The molecular weight excluding hydrogens is 612 g/mol. The van der Waals surface area contributed by atoms with Gasteiger partial charge in [-0.15, -0.1) is 11.6 Å². The first kappa shape index (κ1) is 33.8. The SMILES string of the molecule is CC(C)(C)C(=N)/C=C(/NC(=O)N[C@H]1CC[C@@H](Oc2ccc(=N)n(C(=N)N3CCCCC3)c2)c2ccccc21)Nc1ccc(CCl)cc1. The molecule has 47 heavy (non-hydrogen) atoms. The van der Waals surface area contributed by atoms with Crippen molar-refractivity contribution in [2.75, 3.05) is 18.4 Å². The monoisotopic (exact) mass is 656 g/mol. The number of aromatic nitrogens is 1. The van der Waals surface area contributed by atoms with E-state index in [-0.39, 0.29) is 23.7 Å². The van der Waals surface area contributed by atoms with Crippen molar-refractivity contribution in [2.24, 2.45) is 5.41 Å². The lowest BCUT2D eigenvalue weighted by atomic mass is 9.85. The molecule has 0 bridgehead atoms. The topological polar surface area (TPSA) is 142 Å². The summed E-state index contributed by atoms with van der Waals surface area (Å²) in [6, 6.07) is 18.4. The van der Waals surface area contributed by atoms with Gasteiger partial charge in [-0.25, -0.2) is 4.79 Å². The van der Waals surface area contributed by atoms with Gasteiger partial charge in [0.25, 0.3) is 0 Å². The Morgan fingerprint density at radius 1 is 0.979 bits per heavy atom. The van der Waals surface area contributed by atoms with Gasteiger partial charge >= 0.3 is 6.03 Å². The number of allylic oxidation sites excluding steroid dienone is 1. The van der Waals surface area contributed by atoms with E-state index in [0.29, 0.717) is 42.0 Å². The predicted octanol–water partition coefficient (Wildman–Crippen LogP) is 7.25. The number of rotatable bonds is 8. The molecule has 2 amide bonds. The number of halogens is 1. The van der Waals surface area contributed by atoms with Gasteiger partial charge in [0, 0.05) is 41.9 Å². The van der Waals surface area contributed by atoms with Gasteiger partial charge in [0.2, 0.25) is 5.96 Å². The first-order chi connectivity index (χ1) is 22.5. The smallest absolute Gasteiger partial charge is 0.320 e. The van der Waals surface area contributed by atoms with Gasteiger partial charge in [0.1, 0.15) is 23.2 Å². The number of nitrogens with zero attached hydrogens (tertiary/aromatic N) is 2. The minimum absolute atomic E-state index is 0.236. The fraction of sp³-hybridized carbons (Fsp3) is 0.389. The molecule has 248 valence electrons. The Bertz CT molecular complexity index is 1690. The summed E-state index contributed by atoms with van der Waals surface area (Å²) < 4.78 is 8.07. The first-order valence-electron chi connectivity index (χ1n) is 16.2. The number of nitrogens with one attached hydrogen (secondary N) is 6. The second kappa shape index (κ2) is 14.9. The third kappa shape index (κ3) is 8.62. The highest BCUT2D eigenvalue weighted by molar-refractivity contribution is 6.17. The molecule has 2 heterocycles. The van der Waals surface area contributed by atoms with Gasteiger partial charge in [0.15, 0.2) is 0 Å². The standard InChI is InChI=1S/C36H45ClN8O2/c1-36(2,3)31(38)21-33(41-25-13-11-24(22-37)12-14-25)43-35(46)42-29-16-17-30(28-10-6-5-9-27(28)29)47-26-15-18-32(39)45(23-26)34(40)44-19-7-4-8-20-44/h5-6,9-15,18,21,23,29-30,38-41H,4,7-8,16-17,19-20,22H2,1-3H3,(H2,42,43,46)/b33-21+,38-31?,39-32?,40-34?/t29-,30+/m0/s1. The molecule has 1 saturated heterocycles. The normalized spacial score (nSPS) is 18.1. The Balaban J connectivity index is 1.29. The van der Waals surface area contributed by atoms with Gasteiger partial charge in [-0.3, -0.25) is 20.7 Å². The largest absolute Gasteiger partial charge is 0.484 e. The van der Waals surface area contributed by atoms with E-state index in [1.807, 2.05) is 74.2 Å². The fourth-order valence-electron chi connectivity index (χ4n) is 5.78. The Morgan fingerprint density at radius 3 is 2.36 bits per heavy atom. The van der Waals surface area contributed by atoms with Crippen molar-refractivity contribution in [2.45, 2.75) is 70.9 Å². The van der Waals surface area contributed by atoms with Crippen LogP contribution in [0.1, 0.15) is 81.7 Å². The van der Waals surface area contributed by atoms with Crippen LogP contribution in [0.15, 0.2) is 78.8 Å². The number of fused-ring (bicyclic) bond motifs is 1. The van der Waals surface area contributed by atoms with E-state index in [0.717, 1.165) is 48.3 Å². The van der Waals surface area contributed by atoms with Crippen molar-refractivity contribution in [3.8, 4) is 5.75 Å². The number of ether oxygens (including phenoxy) is 1. The van der Waals surface area contributed by atoms with Crippen LogP contribution >= 0.6 is 11.6 Å². The molecule has 2 atom stereocenters. The maximum absolute atomic E-state index is 13.4. The highest BCUT2D eigenvalue weighted by atomic mass is 35.5. The lowest BCUT2D eigenvalue weighted by Crippen LogP contribution is -2.43. The summed E-state index contributed by atoms with van der Waals surface area (Å²) in [5.74, 6) is 1.70. The number of carbonyl (C=O) groups excluding carboxylic acids is 1. The van der Waals surface area contributed by atoms with E-state index >= 15 is 0 Å². The molecule has 1 aromatic heterocycles. The van der Waals surface area contributed by atoms with Gasteiger partial charge < -0.3 is 25.7 Å². The highest BCUT2D eigenvalue weighted by Gasteiger charge is 2.30. The van der Waals surface area contributed by atoms with Crippen molar-refractivity contribution in [1.82, 2.24) is 20.1 Å². The Kier molecular flexibility index (Phi) is 10.7. The minimum Gasteiger partial charge on any atom is -0.484 e. The van der Waals surface area contributed by atoms with Crippen molar-refractivity contribution < 1.29 is 9.53 Å². The van der Waals surface area contributed by atoms with Crippen LogP contribution < -0.4 is 26.2 Å².